The highest BCUT2D eigenvalue weighted by atomic mass is 127. The number of aromatic nitrogens is 1. The monoisotopic (exact) mass is 406 g/mol. The number of nitrogens with zero attached hydrogens (tertiary/aromatic N) is 2. The van der Waals surface area contributed by atoms with E-state index in [1.54, 1.807) is 0 Å². The van der Waals surface area contributed by atoms with Gasteiger partial charge in [-0.1, -0.05) is 19.0 Å². The van der Waals surface area contributed by atoms with Crippen LogP contribution >= 0.6 is 24.0 Å². The third kappa shape index (κ3) is 4.86. The van der Waals surface area contributed by atoms with E-state index in [0.29, 0.717) is 12.0 Å². The maximum atomic E-state index is 5.16. The summed E-state index contributed by atoms with van der Waals surface area (Å²) in [5, 5.41) is 10.7. The van der Waals surface area contributed by atoms with Crippen LogP contribution in [0.15, 0.2) is 9.52 Å². The van der Waals surface area contributed by atoms with Crippen molar-refractivity contribution in [3.8, 4) is 0 Å². The molecule has 1 heterocycles. The zero-order chi connectivity index (χ0) is 14.8. The number of guanidine groups is 1. The molecule has 6 heteroatoms. The van der Waals surface area contributed by atoms with E-state index >= 15 is 0 Å². The Morgan fingerprint density at radius 3 is 2.52 bits per heavy atom. The zero-order valence-electron chi connectivity index (χ0n) is 13.6. The molecular weight excluding hydrogens is 379 g/mol. The first-order valence-corrected chi connectivity index (χ1v) is 7.38. The van der Waals surface area contributed by atoms with Crippen molar-refractivity contribution in [2.75, 3.05) is 13.1 Å². The molecule has 1 aliphatic carbocycles. The predicted octanol–water partition coefficient (Wildman–Crippen LogP) is 3.01. The molecule has 2 N–H and O–H groups in total. The number of hydrogen-bond donors (Lipinski definition) is 2. The Morgan fingerprint density at radius 2 is 2.05 bits per heavy atom. The largest absolute Gasteiger partial charge is 0.361 e. The minimum Gasteiger partial charge on any atom is -0.361 e. The SMILES string of the molecule is CCNC(=NCc1c(C)noc1C)NCC1CC1(C)C.I. The maximum absolute atomic E-state index is 5.16. The van der Waals surface area contributed by atoms with E-state index in [4.69, 9.17) is 4.52 Å². The molecule has 0 amide bonds. The van der Waals surface area contributed by atoms with E-state index in [0.717, 1.165) is 42.0 Å². The molecule has 5 nitrogen and oxygen atoms in total. The minimum absolute atomic E-state index is 0. The van der Waals surface area contributed by atoms with Gasteiger partial charge >= 0.3 is 0 Å². The Kier molecular flexibility index (Phi) is 6.49. The molecule has 2 rings (SSSR count). The van der Waals surface area contributed by atoms with E-state index in [9.17, 15) is 0 Å². The van der Waals surface area contributed by atoms with E-state index < -0.39 is 0 Å². The summed E-state index contributed by atoms with van der Waals surface area (Å²) in [5.74, 6) is 2.48. The molecule has 0 aliphatic heterocycles. The van der Waals surface area contributed by atoms with Crippen LogP contribution < -0.4 is 10.6 Å². The Labute approximate surface area is 144 Å². The van der Waals surface area contributed by atoms with Gasteiger partial charge in [0.15, 0.2) is 5.96 Å². The Hall–Kier alpha value is -0.790. The van der Waals surface area contributed by atoms with Crippen molar-refractivity contribution >= 4 is 29.9 Å². The number of nitrogens with one attached hydrogen (secondary N) is 2. The number of aryl methyl sites for hydroxylation is 2. The lowest BCUT2D eigenvalue weighted by molar-refractivity contribution is 0.392. The van der Waals surface area contributed by atoms with E-state index in [1.165, 1.54) is 6.42 Å². The number of aliphatic imine (C=N–C) groups is 1. The number of halogens is 1. The molecule has 0 aromatic carbocycles. The lowest BCUT2D eigenvalue weighted by Crippen LogP contribution is -2.38. The molecule has 0 bridgehead atoms. The van der Waals surface area contributed by atoms with Gasteiger partial charge in [0.1, 0.15) is 5.76 Å². The predicted molar refractivity (Wildman–Crippen MR) is 96.1 cm³/mol. The standard InChI is InChI=1S/C15H26N4O.HI/c1-6-16-14(17-8-12-7-15(12,4)5)18-9-13-10(2)19-20-11(13)3;/h12H,6-9H2,1-5H3,(H2,16,17,18);1H. The molecule has 0 radical (unpaired) electrons. The Bertz CT molecular complexity index is 476. The molecule has 1 unspecified atom stereocenters. The first-order valence-electron chi connectivity index (χ1n) is 7.38. The normalized spacial score (nSPS) is 19.9. The molecule has 0 spiro atoms. The van der Waals surface area contributed by atoms with Crippen LogP contribution in [0.4, 0.5) is 0 Å². The summed E-state index contributed by atoms with van der Waals surface area (Å²) in [5.41, 5.74) is 2.49. The molecule has 0 saturated heterocycles. The van der Waals surface area contributed by atoms with Gasteiger partial charge in [0, 0.05) is 18.7 Å². The molecule has 1 aromatic heterocycles. The second kappa shape index (κ2) is 7.47. The summed E-state index contributed by atoms with van der Waals surface area (Å²) in [6, 6.07) is 0. The smallest absolute Gasteiger partial charge is 0.191 e. The van der Waals surface area contributed by atoms with Crippen molar-refractivity contribution in [3.63, 3.8) is 0 Å². The summed E-state index contributed by atoms with van der Waals surface area (Å²) in [6.07, 6.45) is 1.29. The molecule has 1 saturated carbocycles. The topological polar surface area (TPSA) is 62.5 Å². The highest BCUT2D eigenvalue weighted by Gasteiger charge is 2.45. The van der Waals surface area contributed by atoms with Crippen LogP contribution in [0.3, 0.4) is 0 Å². The van der Waals surface area contributed by atoms with Gasteiger partial charge in [0.2, 0.25) is 0 Å². The third-order valence-corrected chi connectivity index (χ3v) is 4.15. The Balaban J connectivity index is 0.00000220. The van der Waals surface area contributed by atoms with Crippen molar-refractivity contribution in [2.24, 2.45) is 16.3 Å². The zero-order valence-corrected chi connectivity index (χ0v) is 15.9. The molecule has 1 aromatic rings. The van der Waals surface area contributed by atoms with Crippen LogP contribution in [0.1, 0.15) is 44.2 Å². The average Bonchev–Trinajstić information content (AvgIpc) is 2.87. The van der Waals surface area contributed by atoms with Gasteiger partial charge < -0.3 is 15.2 Å². The molecule has 1 atom stereocenters. The maximum Gasteiger partial charge on any atom is 0.191 e. The molecule has 120 valence electrons. The second-order valence-corrected chi connectivity index (χ2v) is 6.27. The number of rotatable bonds is 5. The van der Waals surface area contributed by atoms with Crippen LogP contribution in [0, 0.1) is 25.2 Å². The van der Waals surface area contributed by atoms with E-state index in [-0.39, 0.29) is 24.0 Å². The van der Waals surface area contributed by atoms with Crippen molar-refractivity contribution in [1.82, 2.24) is 15.8 Å². The molecule has 21 heavy (non-hydrogen) atoms. The lowest BCUT2D eigenvalue weighted by Gasteiger charge is -2.12. The van der Waals surface area contributed by atoms with E-state index in [2.05, 4.69) is 41.6 Å². The van der Waals surface area contributed by atoms with Gasteiger partial charge in [-0.2, -0.15) is 0 Å². The van der Waals surface area contributed by atoms with Crippen molar-refractivity contribution in [2.45, 2.75) is 47.6 Å². The summed E-state index contributed by atoms with van der Waals surface area (Å²) < 4.78 is 5.16. The fraction of sp³-hybridized carbons (Fsp3) is 0.733. The Morgan fingerprint density at radius 1 is 1.38 bits per heavy atom. The summed E-state index contributed by atoms with van der Waals surface area (Å²) >= 11 is 0. The highest BCUT2D eigenvalue weighted by Crippen LogP contribution is 2.50. The first kappa shape index (κ1) is 18.3. The van der Waals surface area contributed by atoms with Crippen LogP contribution in [0.2, 0.25) is 0 Å². The van der Waals surface area contributed by atoms with Crippen molar-refractivity contribution in [1.29, 1.82) is 0 Å². The molecular formula is C15H27IN4O. The van der Waals surface area contributed by atoms with Gasteiger partial charge in [-0.05, 0) is 38.5 Å². The van der Waals surface area contributed by atoms with Gasteiger partial charge in [0.05, 0.1) is 12.2 Å². The second-order valence-electron chi connectivity index (χ2n) is 6.27. The third-order valence-electron chi connectivity index (χ3n) is 4.15. The fourth-order valence-corrected chi connectivity index (χ4v) is 2.37. The highest BCUT2D eigenvalue weighted by molar-refractivity contribution is 14.0. The van der Waals surface area contributed by atoms with Gasteiger partial charge in [-0.3, -0.25) is 0 Å². The number of hydrogen-bond acceptors (Lipinski definition) is 3. The van der Waals surface area contributed by atoms with Gasteiger partial charge in [-0.25, -0.2) is 4.99 Å². The molecule has 1 fully saturated rings. The van der Waals surface area contributed by atoms with Crippen LogP contribution in [-0.4, -0.2) is 24.2 Å². The van der Waals surface area contributed by atoms with Crippen LogP contribution in [0.25, 0.3) is 0 Å². The summed E-state index contributed by atoms with van der Waals surface area (Å²) in [7, 11) is 0. The quantitative estimate of drug-likeness (QED) is 0.449. The molecule has 1 aliphatic rings. The lowest BCUT2D eigenvalue weighted by atomic mass is 10.1. The van der Waals surface area contributed by atoms with Gasteiger partial charge in [-0.15, -0.1) is 24.0 Å². The first-order chi connectivity index (χ1) is 9.44. The summed E-state index contributed by atoms with van der Waals surface area (Å²) in [6.45, 7) is 13.0. The fourth-order valence-electron chi connectivity index (χ4n) is 2.37. The van der Waals surface area contributed by atoms with Crippen LogP contribution in [0.5, 0.6) is 0 Å². The average molecular weight is 406 g/mol. The van der Waals surface area contributed by atoms with Gasteiger partial charge in [0.25, 0.3) is 0 Å². The van der Waals surface area contributed by atoms with Crippen LogP contribution in [-0.2, 0) is 6.54 Å². The van der Waals surface area contributed by atoms with Crippen molar-refractivity contribution in [3.05, 3.63) is 17.0 Å². The van der Waals surface area contributed by atoms with Crippen molar-refractivity contribution < 1.29 is 4.52 Å². The minimum atomic E-state index is 0. The van der Waals surface area contributed by atoms with E-state index in [1.807, 2.05) is 13.8 Å². The summed E-state index contributed by atoms with van der Waals surface area (Å²) in [4.78, 5) is 4.62.